The first-order chi connectivity index (χ1) is 8.28. The topological polar surface area (TPSA) is 51.5 Å². The second-order valence-electron chi connectivity index (χ2n) is 3.18. The van der Waals surface area contributed by atoms with Crippen molar-refractivity contribution in [2.45, 2.75) is 20.8 Å². The monoisotopic (exact) mass is 235 g/mol. The van der Waals surface area contributed by atoms with Gasteiger partial charge in [0.2, 0.25) is 5.75 Å². The van der Waals surface area contributed by atoms with Gasteiger partial charge in [-0.15, -0.1) is 0 Å². The van der Waals surface area contributed by atoms with E-state index in [1.165, 1.54) is 0 Å². The van der Waals surface area contributed by atoms with Crippen LogP contribution in [-0.2, 0) is 0 Å². The van der Waals surface area contributed by atoms with Gasteiger partial charge >= 0.3 is 0 Å². The number of ether oxygens (including phenoxy) is 3. The van der Waals surface area contributed by atoms with Crippen molar-refractivity contribution in [2.24, 2.45) is 0 Å². The SMILES string of the molecule is CCOc1ccc(C#N)c(OCC)c1OCC. The third-order valence-electron chi connectivity index (χ3n) is 2.07. The predicted molar refractivity (Wildman–Crippen MR) is 64.7 cm³/mol. The van der Waals surface area contributed by atoms with Gasteiger partial charge in [0, 0.05) is 0 Å². The molecule has 0 spiro atoms. The van der Waals surface area contributed by atoms with Crippen molar-refractivity contribution in [3.63, 3.8) is 0 Å². The van der Waals surface area contributed by atoms with E-state index in [1.54, 1.807) is 12.1 Å². The van der Waals surface area contributed by atoms with Crippen molar-refractivity contribution in [1.82, 2.24) is 0 Å². The molecule has 0 atom stereocenters. The van der Waals surface area contributed by atoms with Gasteiger partial charge in [-0.1, -0.05) is 0 Å². The van der Waals surface area contributed by atoms with Gasteiger partial charge in [-0.3, -0.25) is 0 Å². The molecule has 0 aliphatic heterocycles. The van der Waals surface area contributed by atoms with Crippen molar-refractivity contribution < 1.29 is 14.2 Å². The Bertz CT molecular complexity index is 410. The maximum Gasteiger partial charge on any atom is 0.204 e. The van der Waals surface area contributed by atoms with E-state index in [1.807, 2.05) is 20.8 Å². The molecule has 0 aromatic heterocycles. The third kappa shape index (κ3) is 3.04. The minimum Gasteiger partial charge on any atom is -0.490 e. The summed E-state index contributed by atoms with van der Waals surface area (Å²) in [5.74, 6) is 1.58. The second kappa shape index (κ2) is 6.64. The van der Waals surface area contributed by atoms with Crippen LogP contribution in [0.2, 0.25) is 0 Å². The van der Waals surface area contributed by atoms with Crippen molar-refractivity contribution in [1.29, 1.82) is 5.26 Å². The fourth-order valence-corrected chi connectivity index (χ4v) is 1.47. The summed E-state index contributed by atoms with van der Waals surface area (Å²) in [6.45, 7) is 7.15. The summed E-state index contributed by atoms with van der Waals surface area (Å²) < 4.78 is 16.4. The van der Waals surface area contributed by atoms with Crippen LogP contribution in [0, 0.1) is 11.3 Å². The average Bonchev–Trinajstić information content (AvgIpc) is 2.34. The van der Waals surface area contributed by atoms with Crippen LogP contribution in [-0.4, -0.2) is 19.8 Å². The van der Waals surface area contributed by atoms with Crippen LogP contribution < -0.4 is 14.2 Å². The summed E-state index contributed by atoms with van der Waals surface area (Å²) in [4.78, 5) is 0. The number of nitriles is 1. The lowest BCUT2D eigenvalue weighted by molar-refractivity contribution is 0.260. The third-order valence-corrected chi connectivity index (χ3v) is 2.07. The Labute approximate surface area is 102 Å². The molecule has 0 aliphatic carbocycles. The molecule has 0 unspecified atom stereocenters. The molecule has 0 bridgehead atoms. The van der Waals surface area contributed by atoms with Gasteiger partial charge in [0.05, 0.1) is 25.4 Å². The van der Waals surface area contributed by atoms with Crippen molar-refractivity contribution in [3.8, 4) is 23.3 Å². The number of hydrogen-bond acceptors (Lipinski definition) is 4. The summed E-state index contributed by atoms with van der Waals surface area (Å²) in [6, 6.07) is 5.50. The molecule has 0 radical (unpaired) electrons. The van der Waals surface area contributed by atoms with Crippen LogP contribution in [0.15, 0.2) is 12.1 Å². The number of rotatable bonds is 6. The molecule has 1 aromatic rings. The highest BCUT2D eigenvalue weighted by Gasteiger charge is 2.16. The second-order valence-corrected chi connectivity index (χ2v) is 3.18. The van der Waals surface area contributed by atoms with Crippen molar-refractivity contribution in [3.05, 3.63) is 17.7 Å². The Morgan fingerprint density at radius 2 is 1.53 bits per heavy atom. The van der Waals surface area contributed by atoms with Gasteiger partial charge in [-0.05, 0) is 32.9 Å². The zero-order valence-electron chi connectivity index (χ0n) is 10.4. The average molecular weight is 235 g/mol. The maximum atomic E-state index is 9.03. The van der Waals surface area contributed by atoms with E-state index in [4.69, 9.17) is 19.5 Å². The summed E-state index contributed by atoms with van der Waals surface area (Å²) in [7, 11) is 0. The van der Waals surface area contributed by atoms with E-state index in [0.29, 0.717) is 42.6 Å². The highest BCUT2D eigenvalue weighted by molar-refractivity contribution is 5.59. The fourth-order valence-electron chi connectivity index (χ4n) is 1.47. The summed E-state index contributed by atoms with van der Waals surface area (Å²) >= 11 is 0. The Morgan fingerprint density at radius 1 is 0.941 bits per heavy atom. The summed E-state index contributed by atoms with van der Waals surface area (Å²) in [5.41, 5.74) is 0.457. The molecule has 4 nitrogen and oxygen atoms in total. The first kappa shape index (κ1) is 13.2. The number of benzene rings is 1. The Hall–Kier alpha value is -1.89. The molecule has 0 aliphatic rings. The highest BCUT2D eigenvalue weighted by atomic mass is 16.5. The Balaban J connectivity index is 3.26. The van der Waals surface area contributed by atoms with Gasteiger partial charge in [0.1, 0.15) is 6.07 Å². The lowest BCUT2D eigenvalue weighted by Gasteiger charge is -2.16. The van der Waals surface area contributed by atoms with Crippen LogP contribution >= 0.6 is 0 Å². The standard InChI is InChI=1S/C13H17NO3/c1-4-15-11-8-7-10(9-14)12(16-5-2)13(11)17-6-3/h7-8H,4-6H2,1-3H3. The molecule has 0 heterocycles. The van der Waals surface area contributed by atoms with E-state index in [0.717, 1.165) is 0 Å². The molecule has 1 rings (SSSR count). The van der Waals surface area contributed by atoms with E-state index in [9.17, 15) is 0 Å². The predicted octanol–water partition coefficient (Wildman–Crippen LogP) is 2.75. The summed E-state index contributed by atoms with van der Waals surface area (Å²) in [6.07, 6.45) is 0. The van der Waals surface area contributed by atoms with Gasteiger partial charge in [0.25, 0.3) is 0 Å². The van der Waals surface area contributed by atoms with Crippen molar-refractivity contribution >= 4 is 0 Å². The maximum absolute atomic E-state index is 9.03. The van der Waals surface area contributed by atoms with Gasteiger partial charge in [-0.2, -0.15) is 5.26 Å². The smallest absolute Gasteiger partial charge is 0.204 e. The van der Waals surface area contributed by atoms with E-state index in [-0.39, 0.29) is 0 Å². The Morgan fingerprint density at radius 3 is 2.06 bits per heavy atom. The molecular formula is C13H17NO3. The molecule has 0 saturated carbocycles. The molecule has 4 heteroatoms. The largest absolute Gasteiger partial charge is 0.490 e. The molecule has 0 saturated heterocycles. The van der Waals surface area contributed by atoms with Crippen LogP contribution in [0.1, 0.15) is 26.3 Å². The lowest BCUT2D eigenvalue weighted by Crippen LogP contribution is -2.03. The van der Waals surface area contributed by atoms with E-state index in [2.05, 4.69) is 6.07 Å². The molecule has 17 heavy (non-hydrogen) atoms. The fraction of sp³-hybridized carbons (Fsp3) is 0.462. The zero-order valence-corrected chi connectivity index (χ0v) is 10.4. The quantitative estimate of drug-likeness (QED) is 0.760. The lowest BCUT2D eigenvalue weighted by atomic mass is 10.2. The van der Waals surface area contributed by atoms with Gasteiger partial charge < -0.3 is 14.2 Å². The van der Waals surface area contributed by atoms with E-state index >= 15 is 0 Å². The summed E-state index contributed by atoms with van der Waals surface area (Å²) in [5, 5.41) is 9.03. The number of nitrogens with zero attached hydrogens (tertiary/aromatic N) is 1. The Kier molecular flexibility index (Phi) is 5.15. The van der Waals surface area contributed by atoms with Crippen LogP contribution in [0.3, 0.4) is 0 Å². The first-order valence-corrected chi connectivity index (χ1v) is 5.73. The molecule has 0 fully saturated rings. The van der Waals surface area contributed by atoms with Crippen LogP contribution in [0.5, 0.6) is 17.2 Å². The van der Waals surface area contributed by atoms with E-state index < -0.39 is 0 Å². The molecule has 0 N–H and O–H groups in total. The molecule has 1 aromatic carbocycles. The number of hydrogen-bond donors (Lipinski definition) is 0. The minimum atomic E-state index is 0.457. The normalized spacial score (nSPS) is 9.53. The molecular weight excluding hydrogens is 218 g/mol. The molecule has 0 amide bonds. The van der Waals surface area contributed by atoms with Crippen molar-refractivity contribution in [2.75, 3.05) is 19.8 Å². The minimum absolute atomic E-state index is 0.457. The van der Waals surface area contributed by atoms with Gasteiger partial charge in [0.15, 0.2) is 11.5 Å². The van der Waals surface area contributed by atoms with Gasteiger partial charge in [-0.25, -0.2) is 0 Å². The van der Waals surface area contributed by atoms with Crippen LogP contribution in [0.4, 0.5) is 0 Å². The highest BCUT2D eigenvalue weighted by Crippen LogP contribution is 2.40. The molecule has 92 valence electrons. The zero-order chi connectivity index (χ0) is 12.7. The first-order valence-electron chi connectivity index (χ1n) is 5.73. The van der Waals surface area contributed by atoms with Crippen LogP contribution in [0.25, 0.3) is 0 Å².